The highest BCUT2D eigenvalue weighted by molar-refractivity contribution is 5.44. The first-order valence-electron chi connectivity index (χ1n) is 13.5. The Morgan fingerprint density at radius 3 is 2.50 bits per heavy atom. The Kier molecular flexibility index (Phi) is 9.01. The normalized spacial score (nSPS) is 22.4. The molecule has 200 valence electrons. The summed E-state index contributed by atoms with van der Waals surface area (Å²) >= 11 is 0. The molecule has 0 spiro atoms. The number of aliphatic hydroxyl groups is 1. The molecule has 2 N–H and O–H groups in total. The number of ether oxygens (including phenoxy) is 1. The van der Waals surface area contributed by atoms with Crippen LogP contribution in [0.15, 0.2) is 41.2 Å². The Labute approximate surface area is 223 Å². The first-order valence-corrected chi connectivity index (χ1v) is 13.5. The van der Waals surface area contributed by atoms with Crippen LogP contribution in [0.1, 0.15) is 83.5 Å². The van der Waals surface area contributed by atoms with Crippen LogP contribution in [0.25, 0.3) is 0 Å². The minimum absolute atomic E-state index is 0. The molecular formula is C30H45ClN2O3. The van der Waals surface area contributed by atoms with Gasteiger partial charge in [-0.3, -0.25) is 4.79 Å². The lowest BCUT2D eigenvalue weighted by atomic mass is 9.76. The number of pyridine rings is 1. The Morgan fingerprint density at radius 2 is 1.81 bits per heavy atom. The van der Waals surface area contributed by atoms with Gasteiger partial charge in [0.05, 0.1) is 13.1 Å². The molecule has 0 saturated carbocycles. The quantitative estimate of drug-likeness (QED) is 0.515. The van der Waals surface area contributed by atoms with E-state index in [0.29, 0.717) is 25.0 Å². The molecule has 1 saturated heterocycles. The summed E-state index contributed by atoms with van der Waals surface area (Å²) in [5.41, 5.74) is 3.98. The molecule has 4 rings (SSSR count). The van der Waals surface area contributed by atoms with E-state index in [1.165, 1.54) is 21.7 Å². The van der Waals surface area contributed by atoms with Crippen LogP contribution < -0.4 is 27.6 Å². The van der Waals surface area contributed by atoms with Crippen molar-refractivity contribution in [2.75, 3.05) is 26.2 Å². The molecule has 1 aromatic carbocycles. The van der Waals surface area contributed by atoms with Crippen LogP contribution in [0.5, 0.6) is 5.75 Å². The summed E-state index contributed by atoms with van der Waals surface area (Å²) in [6.45, 7) is 17.3. The Bertz CT molecular complexity index is 1090. The molecule has 4 atom stereocenters. The van der Waals surface area contributed by atoms with Crippen molar-refractivity contribution in [1.29, 1.82) is 0 Å². The molecule has 2 aromatic rings. The molecule has 36 heavy (non-hydrogen) atoms. The van der Waals surface area contributed by atoms with Crippen molar-refractivity contribution in [3.8, 4) is 5.75 Å². The Morgan fingerprint density at radius 1 is 1.08 bits per heavy atom. The van der Waals surface area contributed by atoms with E-state index >= 15 is 0 Å². The summed E-state index contributed by atoms with van der Waals surface area (Å²) in [6.07, 6.45) is 2.73. The minimum atomic E-state index is -0.522. The van der Waals surface area contributed by atoms with Crippen molar-refractivity contribution in [1.82, 2.24) is 4.57 Å². The van der Waals surface area contributed by atoms with Crippen LogP contribution in [-0.4, -0.2) is 42.0 Å². The fourth-order valence-corrected chi connectivity index (χ4v) is 5.86. The fourth-order valence-electron chi connectivity index (χ4n) is 5.86. The molecule has 3 heterocycles. The van der Waals surface area contributed by atoms with Crippen LogP contribution in [-0.2, 0) is 17.4 Å². The van der Waals surface area contributed by atoms with Gasteiger partial charge in [0.1, 0.15) is 25.0 Å². The van der Waals surface area contributed by atoms with Crippen molar-refractivity contribution >= 4 is 0 Å². The lowest BCUT2D eigenvalue weighted by Gasteiger charge is -2.40. The zero-order chi connectivity index (χ0) is 25.4. The fraction of sp³-hybridized carbons (Fsp3) is 0.633. The summed E-state index contributed by atoms with van der Waals surface area (Å²) in [4.78, 5) is 13.7. The van der Waals surface area contributed by atoms with Crippen LogP contribution in [0.2, 0.25) is 0 Å². The van der Waals surface area contributed by atoms with Gasteiger partial charge >= 0.3 is 0 Å². The number of quaternary nitrogens is 1. The first-order chi connectivity index (χ1) is 16.5. The Hall–Kier alpha value is -1.82. The zero-order valence-electron chi connectivity index (χ0n) is 22.9. The number of fused-ring (bicyclic) bond motifs is 4. The summed E-state index contributed by atoms with van der Waals surface area (Å²) in [7, 11) is 0. The van der Waals surface area contributed by atoms with Gasteiger partial charge < -0.3 is 31.7 Å². The number of nitrogens with zero attached hydrogens (tertiary/aromatic N) is 1. The molecule has 2 aliphatic rings. The maximum atomic E-state index is 12.3. The number of piperidine rings is 1. The maximum absolute atomic E-state index is 12.3. The van der Waals surface area contributed by atoms with Gasteiger partial charge in [-0.1, -0.05) is 59.7 Å². The van der Waals surface area contributed by atoms with E-state index in [9.17, 15) is 9.90 Å². The third-order valence-electron chi connectivity index (χ3n) is 8.89. The van der Waals surface area contributed by atoms with Crippen molar-refractivity contribution < 1.29 is 27.2 Å². The SMILES string of the molecule is CCC(C)(C)c1ccc(OCC(O)C[NH+]2CC3CC(C2)c2cccc(=O)n2C3)c(C(C)(C)CC)c1.[Cl-]. The molecule has 2 bridgehead atoms. The van der Waals surface area contributed by atoms with Gasteiger partial charge in [0, 0.05) is 35.7 Å². The van der Waals surface area contributed by atoms with Gasteiger partial charge in [-0.2, -0.15) is 0 Å². The van der Waals surface area contributed by atoms with Crippen LogP contribution in [0.4, 0.5) is 0 Å². The second-order valence-corrected chi connectivity index (χ2v) is 12.2. The summed E-state index contributed by atoms with van der Waals surface area (Å²) < 4.78 is 8.26. The largest absolute Gasteiger partial charge is 1.00 e. The van der Waals surface area contributed by atoms with Gasteiger partial charge in [0.15, 0.2) is 0 Å². The van der Waals surface area contributed by atoms with E-state index in [0.717, 1.165) is 44.6 Å². The molecule has 4 unspecified atom stereocenters. The maximum Gasteiger partial charge on any atom is 0.250 e. The first kappa shape index (κ1) is 28.7. The van der Waals surface area contributed by atoms with Gasteiger partial charge in [0.2, 0.25) is 0 Å². The number of benzene rings is 1. The number of nitrogens with one attached hydrogen (secondary N) is 1. The van der Waals surface area contributed by atoms with E-state index < -0.39 is 6.10 Å². The molecule has 6 heteroatoms. The van der Waals surface area contributed by atoms with Gasteiger partial charge in [-0.05, 0) is 47.8 Å². The van der Waals surface area contributed by atoms with E-state index in [1.54, 1.807) is 6.07 Å². The standard InChI is InChI=1S/C30H44N2O3.ClH/c1-7-29(3,4)23-12-13-27(25(15-23)30(5,6)8-2)35-20-24(33)19-31-16-21-14-22(18-31)26-10-9-11-28(34)32(26)17-21;/h9-13,15,21-22,24,33H,7-8,14,16-20H2,1-6H3;1H. The van der Waals surface area contributed by atoms with Gasteiger partial charge in [-0.25, -0.2) is 0 Å². The molecular weight excluding hydrogens is 472 g/mol. The summed E-state index contributed by atoms with van der Waals surface area (Å²) in [6, 6.07) is 12.3. The van der Waals surface area contributed by atoms with Crippen LogP contribution >= 0.6 is 0 Å². The topological polar surface area (TPSA) is 55.9 Å². The lowest BCUT2D eigenvalue weighted by Crippen LogP contribution is -3.15. The second kappa shape index (κ2) is 11.3. The number of halogens is 1. The molecule has 0 amide bonds. The van der Waals surface area contributed by atoms with E-state index in [4.69, 9.17) is 4.74 Å². The number of hydrogen-bond donors (Lipinski definition) is 2. The van der Waals surface area contributed by atoms with Crippen molar-refractivity contribution in [3.63, 3.8) is 0 Å². The highest BCUT2D eigenvalue weighted by Gasteiger charge is 2.37. The summed E-state index contributed by atoms with van der Waals surface area (Å²) in [5, 5.41) is 10.9. The van der Waals surface area contributed by atoms with E-state index in [1.807, 2.05) is 10.6 Å². The van der Waals surface area contributed by atoms with Crippen molar-refractivity contribution in [2.45, 2.75) is 90.2 Å². The minimum Gasteiger partial charge on any atom is -1.00 e. The molecule has 2 aliphatic heterocycles. The molecule has 1 aromatic heterocycles. The monoisotopic (exact) mass is 516 g/mol. The van der Waals surface area contributed by atoms with E-state index in [2.05, 4.69) is 65.8 Å². The highest BCUT2D eigenvalue weighted by atomic mass is 35.5. The third kappa shape index (κ3) is 6.00. The smallest absolute Gasteiger partial charge is 0.250 e. The average molecular weight is 517 g/mol. The third-order valence-corrected chi connectivity index (χ3v) is 8.89. The van der Waals surface area contributed by atoms with Gasteiger partial charge in [0.25, 0.3) is 5.56 Å². The number of aromatic nitrogens is 1. The molecule has 5 nitrogen and oxygen atoms in total. The van der Waals surface area contributed by atoms with Crippen LogP contribution in [0, 0.1) is 5.92 Å². The number of hydrogen-bond acceptors (Lipinski definition) is 3. The molecule has 0 aliphatic carbocycles. The number of rotatable bonds is 9. The van der Waals surface area contributed by atoms with Gasteiger partial charge in [-0.15, -0.1) is 0 Å². The Balaban J connectivity index is 0.00000361. The molecule has 0 radical (unpaired) electrons. The number of likely N-dealkylation sites (tertiary alicyclic amines) is 1. The van der Waals surface area contributed by atoms with Crippen molar-refractivity contribution in [2.24, 2.45) is 5.92 Å². The van der Waals surface area contributed by atoms with E-state index in [-0.39, 0.29) is 28.8 Å². The van der Waals surface area contributed by atoms with Crippen molar-refractivity contribution in [3.05, 3.63) is 63.6 Å². The second-order valence-electron chi connectivity index (χ2n) is 12.2. The number of aliphatic hydroxyl groups excluding tert-OH is 1. The lowest BCUT2D eigenvalue weighted by molar-refractivity contribution is -0.914. The zero-order valence-corrected chi connectivity index (χ0v) is 23.7. The predicted octanol–water partition coefficient (Wildman–Crippen LogP) is 0.669. The predicted molar refractivity (Wildman–Crippen MR) is 142 cm³/mol. The van der Waals surface area contributed by atoms with Crippen LogP contribution in [0.3, 0.4) is 0 Å². The average Bonchev–Trinajstić information content (AvgIpc) is 2.83. The summed E-state index contributed by atoms with van der Waals surface area (Å²) in [5.74, 6) is 1.78. The highest BCUT2D eigenvalue weighted by Crippen LogP contribution is 2.38. The molecule has 1 fully saturated rings.